The molecule has 9 nitrogen and oxygen atoms in total. The molecule has 1 saturated heterocycles. The number of benzene rings is 1. The van der Waals surface area contributed by atoms with Crippen molar-refractivity contribution in [2.24, 2.45) is 5.92 Å². The van der Waals surface area contributed by atoms with Crippen molar-refractivity contribution in [2.45, 2.75) is 6.42 Å². The van der Waals surface area contributed by atoms with E-state index in [2.05, 4.69) is 10.2 Å². The summed E-state index contributed by atoms with van der Waals surface area (Å²) in [6.45, 7) is -0.610. The molecule has 0 aromatic heterocycles. The minimum Gasteiger partial charge on any atom is -0.469 e. The highest BCUT2D eigenvalue weighted by atomic mass is 16.5. The van der Waals surface area contributed by atoms with Crippen molar-refractivity contribution in [3.63, 3.8) is 0 Å². The Bertz CT molecular complexity index is 755. The lowest BCUT2D eigenvalue weighted by atomic mass is 10.0. The van der Waals surface area contributed by atoms with Gasteiger partial charge in [0.05, 0.1) is 30.7 Å². The molecule has 4 amide bonds. The number of nitrogens with zero attached hydrogens (tertiary/aromatic N) is 2. The SMILES string of the molecule is COC(=O)C1CC(=O)NN(C(=O)CN2C(=O)c3ccccc3C2=O)C1. The lowest BCUT2D eigenvalue weighted by Crippen LogP contribution is -2.57. The highest BCUT2D eigenvalue weighted by Gasteiger charge is 2.39. The lowest BCUT2D eigenvalue weighted by Gasteiger charge is -2.32. The highest BCUT2D eigenvalue weighted by molar-refractivity contribution is 6.22. The second-order valence-corrected chi connectivity index (χ2v) is 5.71. The van der Waals surface area contributed by atoms with Gasteiger partial charge in [0, 0.05) is 6.42 Å². The summed E-state index contributed by atoms with van der Waals surface area (Å²) in [4.78, 5) is 61.1. The molecule has 2 aliphatic heterocycles. The Kier molecular flexibility index (Phi) is 4.22. The van der Waals surface area contributed by atoms with Crippen LogP contribution in [-0.4, -0.2) is 59.7 Å². The Hall–Kier alpha value is -3.23. The number of carbonyl (C=O) groups is 5. The number of hydrogen-bond acceptors (Lipinski definition) is 6. The molecule has 0 saturated carbocycles. The molecule has 0 spiro atoms. The molecule has 1 atom stereocenters. The maximum Gasteiger partial charge on any atom is 0.311 e. The maximum absolute atomic E-state index is 12.4. The molecular weight excluding hydrogens is 330 g/mol. The molecule has 2 aliphatic rings. The number of imide groups is 1. The molecule has 25 heavy (non-hydrogen) atoms. The molecular formula is C16H15N3O6. The van der Waals surface area contributed by atoms with Crippen molar-refractivity contribution in [3.8, 4) is 0 Å². The standard InChI is InChI=1S/C16H15N3O6/c1-25-16(24)9-6-12(20)17-19(7-9)13(21)8-18-14(22)10-4-2-3-5-11(10)15(18)23/h2-5,9H,6-8H2,1H3,(H,17,20). The number of hydrogen-bond donors (Lipinski definition) is 1. The molecule has 3 rings (SSSR count). The topological polar surface area (TPSA) is 113 Å². The zero-order valence-corrected chi connectivity index (χ0v) is 13.4. The lowest BCUT2D eigenvalue weighted by molar-refractivity contribution is -0.156. The fourth-order valence-electron chi connectivity index (χ4n) is 2.84. The van der Waals surface area contributed by atoms with Crippen LogP contribution < -0.4 is 5.43 Å². The molecule has 0 radical (unpaired) electrons. The number of nitrogens with one attached hydrogen (secondary N) is 1. The van der Waals surface area contributed by atoms with Gasteiger partial charge in [-0.3, -0.25) is 39.3 Å². The molecule has 1 aromatic rings. The number of methoxy groups -OCH3 is 1. The van der Waals surface area contributed by atoms with Crippen LogP contribution in [0.4, 0.5) is 0 Å². The van der Waals surface area contributed by atoms with Crippen LogP contribution in [0.15, 0.2) is 24.3 Å². The molecule has 0 bridgehead atoms. The predicted molar refractivity (Wildman–Crippen MR) is 81.8 cm³/mol. The van der Waals surface area contributed by atoms with E-state index < -0.39 is 42.1 Å². The van der Waals surface area contributed by atoms with Gasteiger partial charge in [-0.25, -0.2) is 0 Å². The fourth-order valence-corrected chi connectivity index (χ4v) is 2.84. The Morgan fingerprint density at radius 2 is 1.76 bits per heavy atom. The number of fused-ring (bicyclic) bond motifs is 1. The van der Waals surface area contributed by atoms with Crippen LogP contribution in [0.3, 0.4) is 0 Å². The minimum atomic E-state index is -0.787. The molecule has 130 valence electrons. The van der Waals surface area contributed by atoms with E-state index in [1.54, 1.807) is 12.1 Å². The highest BCUT2D eigenvalue weighted by Crippen LogP contribution is 2.22. The summed E-state index contributed by atoms with van der Waals surface area (Å²) in [6.07, 6.45) is -0.0938. The van der Waals surface area contributed by atoms with E-state index in [1.807, 2.05) is 0 Å². The summed E-state index contributed by atoms with van der Waals surface area (Å²) in [5, 5.41) is 0.941. The van der Waals surface area contributed by atoms with Crippen molar-refractivity contribution in [3.05, 3.63) is 35.4 Å². The van der Waals surface area contributed by atoms with Crippen LogP contribution in [0.2, 0.25) is 0 Å². The average molecular weight is 345 g/mol. The van der Waals surface area contributed by atoms with Crippen LogP contribution in [0.25, 0.3) is 0 Å². The monoisotopic (exact) mass is 345 g/mol. The number of amides is 4. The Labute approximate surface area is 142 Å². The maximum atomic E-state index is 12.4. The third kappa shape index (κ3) is 2.95. The third-order valence-corrected chi connectivity index (χ3v) is 4.10. The van der Waals surface area contributed by atoms with Crippen molar-refractivity contribution < 1.29 is 28.7 Å². The van der Waals surface area contributed by atoms with Gasteiger partial charge in [0.25, 0.3) is 17.7 Å². The molecule has 1 fully saturated rings. The zero-order chi connectivity index (χ0) is 18.1. The van der Waals surface area contributed by atoms with E-state index in [9.17, 15) is 24.0 Å². The summed E-state index contributed by atoms with van der Waals surface area (Å²) in [6, 6.07) is 6.27. The summed E-state index contributed by atoms with van der Waals surface area (Å²) in [7, 11) is 1.19. The van der Waals surface area contributed by atoms with Gasteiger partial charge in [-0.2, -0.15) is 0 Å². The van der Waals surface area contributed by atoms with E-state index in [1.165, 1.54) is 19.2 Å². The van der Waals surface area contributed by atoms with Crippen LogP contribution in [0.5, 0.6) is 0 Å². The smallest absolute Gasteiger partial charge is 0.311 e. The number of hydrazine groups is 1. The van der Waals surface area contributed by atoms with E-state index in [4.69, 9.17) is 0 Å². The van der Waals surface area contributed by atoms with Gasteiger partial charge in [-0.05, 0) is 12.1 Å². The molecule has 2 heterocycles. The van der Waals surface area contributed by atoms with E-state index in [-0.39, 0.29) is 24.1 Å². The second-order valence-electron chi connectivity index (χ2n) is 5.71. The summed E-state index contributed by atoms with van der Waals surface area (Å²) >= 11 is 0. The average Bonchev–Trinajstić information content (AvgIpc) is 2.85. The first-order chi connectivity index (χ1) is 11.9. The fraction of sp³-hybridized carbons (Fsp3) is 0.312. The van der Waals surface area contributed by atoms with Crippen molar-refractivity contribution in [1.82, 2.24) is 15.3 Å². The van der Waals surface area contributed by atoms with Crippen molar-refractivity contribution >= 4 is 29.6 Å². The normalized spacial score (nSPS) is 19.6. The van der Waals surface area contributed by atoms with Gasteiger partial charge in [0.1, 0.15) is 6.54 Å². The predicted octanol–water partition coefficient (Wildman–Crippen LogP) is -0.665. The van der Waals surface area contributed by atoms with Gasteiger partial charge in [0.15, 0.2) is 0 Å². The van der Waals surface area contributed by atoms with E-state index in [0.29, 0.717) is 0 Å². The van der Waals surface area contributed by atoms with Gasteiger partial charge in [-0.15, -0.1) is 0 Å². The first kappa shape index (κ1) is 16.6. The van der Waals surface area contributed by atoms with Gasteiger partial charge in [-0.1, -0.05) is 12.1 Å². The van der Waals surface area contributed by atoms with Gasteiger partial charge >= 0.3 is 5.97 Å². The van der Waals surface area contributed by atoms with Crippen LogP contribution in [0, 0.1) is 5.92 Å². The third-order valence-electron chi connectivity index (χ3n) is 4.10. The Morgan fingerprint density at radius 1 is 1.16 bits per heavy atom. The number of ether oxygens (including phenoxy) is 1. The number of carbonyl (C=O) groups excluding carboxylic acids is 5. The molecule has 1 N–H and O–H groups in total. The quantitative estimate of drug-likeness (QED) is 0.574. The van der Waals surface area contributed by atoms with E-state index in [0.717, 1.165) is 9.91 Å². The summed E-state index contributed by atoms with van der Waals surface area (Å²) in [5.41, 5.74) is 2.80. The first-order valence-electron chi connectivity index (χ1n) is 7.55. The number of esters is 1. The van der Waals surface area contributed by atoms with Gasteiger partial charge < -0.3 is 4.74 Å². The van der Waals surface area contributed by atoms with Gasteiger partial charge in [0.2, 0.25) is 5.91 Å². The Balaban J connectivity index is 1.72. The molecule has 0 aliphatic carbocycles. The van der Waals surface area contributed by atoms with Crippen LogP contribution in [-0.2, 0) is 19.1 Å². The molecule has 1 aromatic carbocycles. The zero-order valence-electron chi connectivity index (χ0n) is 13.4. The Morgan fingerprint density at radius 3 is 2.32 bits per heavy atom. The van der Waals surface area contributed by atoms with Crippen LogP contribution in [0.1, 0.15) is 27.1 Å². The van der Waals surface area contributed by atoms with Crippen LogP contribution >= 0.6 is 0 Å². The minimum absolute atomic E-state index is 0.0829. The molecule has 1 unspecified atom stereocenters. The molecule has 9 heteroatoms. The van der Waals surface area contributed by atoms with Crippen molar-refractivity contribution in [1.29, 1.82) is 0 Å². The summed E-state index contributed by atoms with van der Waals surface area (Å²) in [5.74, 6) is -3.71. The second kappa shape index (κ2) is 6.34. The van der Waals surface area contributed by atoms with Crippen molar-refractivity contribution in [2.75, 3.05) is 20.2 Å². The first-order valence-corrected chi connectivity index (χ1v) is 7.55. The number of rotatable bonds is 3. The largest absolute Gasteiger partial charge is 0.469 e. The summed E-state index contributed by atoms with van der Waals surface area (Å²) < 4.78 is 4.60. The van der Waals surface area contributed by atoms with E-state index >= 15 is 0 Å².